The first-order chi connectivity index (χ1) is 10.9. The summed E-state index contributed by atoms with van der Waals surface area (Å²) in [5, 5.41) is 9.78. The number of halogens is 1. The molecule has 0 spiro atoms. The number of piperidine rings is 1. The van der Waals surface area contributed by atoms with Gasteiger partial charge in [0.2, 0.25) is 5.91 Å². The highest BCUT2D eigenvalue weighted by Crippen LogP contribution is 2.25. The molecule has 0 unspecified atom stereocenters. The summed E-state index contributed by atoms with van der Waals surface area (Å²) in [4.78, 5) is 16.9. The van der Waals surface area contributed by atoms with Gasteiger partial charge in [0.25, 0.3) is 0 Å². The minimum atomic E-state index is 0.0790. The molecule has 0 bridgehead atoms. The number of hydrogen-bond donors (Lipinski definition) is 1. The Morgan fingerprint density at radius 3 is 2.83 bits per heavy atom. The first kappa shape index (κ1) is 18.1. The minimum Gasteiger partial charge on any atom is -0.506 e. The zero-order valence-corrected chi connectivity index (χ0v) is 15.0. The fourth-order valence-electron chi connectivity index (χ4n) is 3.40. The maximum atomic E-state index is 12.5. The van der Waals surface area contributed by atoms with E-state index in [9.17, 15) is 9.90 Å². The Balaban J connectivity index is 1.88. The third kappa shape index (κ3) is 4.61. The third-order valence-electron chi connectivity index (χ3n) is 4.92. The second kappa shape index (κ2) is 8.02. The molecule has 23 heavy (non-hydrogen) atoms. The highest BCUT2D eigenvalue weighted by atomic mass is 35.5. The van der Waals surface area contributed by atoms with Crippen LogP contribution in [0.4, 0.5) is 0 Å². The Morgan fingerprint density at radius 1 is 1.48 bits per heavy atom. The van der Waals surface area contributed by atoms with Crippen LogP contribution in [0.5, 0.6) is 5.75 Å². The molecular formula is C18H27ClN2O2. The molecule has 2 atom stereocenters. The zero-order chi connectivity index (χ0) is 17.0. The van der Waals surface area contributed by atoms with Crippen molar-refractivity contribution in [3.8, 4) is 5.75 Å². The molecular weight excluding hydrogens is 312 g/mol. The van der Waals surface area contributed by atoms with Gasteiger partial charge in [-0.05, 0) is 43.0 Å². The van der Waals surface area contributed by atoms with Crippen LogP contribution >= 0.6 is 11.6 Å². The van der Waals surface area contributed by atoms with E-state index in [1.54, 1.807) is 12.1 Å². The lowest BCUT2D eigenvalue weighted by Gasteiger charge is -2.41. The molecule has 1 fully saturated rings. The number of phenols is 1. The number of aryl methyl sites for hydroxylation is 1. The van der Waals surface area contributed by atoms with Crippen LogP contribution in [0.25, 0.3) is 0 Å². The first-order valence-corrected chi connectivity index (χ1v) is 8.75. The quantitative estimate of drug-likeness (QED) is 0.896. The van der Waals surface area contributed by atoms with Crippen molar-refractivity contribution in [1.82, 2.24) is 9.80 Å². The van der Waals surface area contributed by atoms with Crippen molar-refractivity contribution in [2.75, 3.05) is 26.7 Å². The predicted octanol–water partition coefficient (Wildman–Crippen LogP) is 3.17. The first-order valence-electron chi connectivity index (χ1n) is 8.37. The topological polar surface area (TPSA) is 43.8 Å². The number of carbonyl (C=O) groups is 1. The van der Waals surface area contributed by atoms with Crippen LogP contribution in [0.15, 0.2) is 18.2 Å². The van der Waals surface area contributed by atoms with Gasteiger partial charge in [-0.3, -0.25) is 4.79 Å². The van der Waals surface area contributed by atoms with Gasteiger partial charge in [-0.15, -0.1) is 0 Å². The van der Waals surface area contributed by atoms with Gasteiger partial charge in [0.05, 0.1) is 5.02 Å². The van der Waals surface area contributed by atoms with E-state index in [-0.39, 0.29) is 11.7 Å². The minimum absolute atomic E-state index is 0.0790. The lowest BCUT2D eigenvalue weighted by atomic mass is 9.92. The molecule has 1 aliphatic heterocycles. The van der Waals surface area contributed by atoms with E-state index >= 15 is 0 Å². The summed E-state index contributed by atoms with van der Waals surface area (Å²) in [6, 6.07) is 5.45. The van der Waals surface area contributed by atoms with E-state index in [1.807, 2.05) is 18.0 Å². The van der Waals surface area contributed by atoms with Crippen LogP contribution in [0.1, 0.15) is 32.3 Å². The highest BCUT2D eigenvalue weighted by Gasteiger charge is 2.30. The molecule has 4 nitrogen and oxygen atoms in total. The smallest absolute Gasteiger partial charge is 0.222 e. The molecule has 1 amide bonds. The summed E-state index contributed by atoms with van der Waals surface area (Å²) in [7, 11) is 1.93. The average molecular weight is 339 g/mol. The molecule has 2 rings (SSSR count). The molecule has 1 aromatic rings. The SMILES string of the molecule is CCN1CC[C@H](N(C)C(=O)CCc2ccc(O)c(Cl)c2)[C@H](C)C1. The summed E-state index contributed by atoms with van der Waals surface area (Å²) < 4.78 is 0. The number of amides is 1. The molecule has 1 saturated heterocycles. The number of nitrogens with zero attached hydrogens (tertiary/aromatic N) is 2. The molecule has 1 N–H and O–H groups in total. The third-order valence-corrected chi connectivity index (χ3v) is 5.22. The second-order valence-electron chi connectivity index (χ2n) is 6.52. The normalized spacial score (nSPS) is 22.1. The fourth-order valence-corrected chi connectivity index (χ4v) is 3.60. The molecule has 128 valence electrons. The summed E-state index contributed by atoms with van der Waals surface area (Å²) in [5.74, 6) is 0.757. The number of carbonyl (C=O) groups excluding carboxylic acids is 1. The van der Waals surface area contributed by atoms with Crippen molar-refractivity contribution < 1.29 is 9.90 Å². The van der Waals surface area contributed by atoms with Crippen LogP contribution in [0, 0.1) is 5.92 Å². The summed E-state index contributed by atoms with van der Waals surface area (Å²) >= 11 is 5.91. The van der Waals surface area contributed by atoms with Crippen molar-refractivity contribution in [1.29, 1.82) is 0 Å². The summed E-state index contributed by atoms with van der Waals surface area (Å²) in [5.41, 5.74) is 0.975. The number of hydrogen-bond acceptors (Lipinski definition) is 3. The largest absolute Gasteiger partial charge is 0.506 e. The van der Waals surface area contributed by atoms with E-state index in [0.717, 1.165) is 31.6 Å². The van der Waals surface area contributed by atoms with Gasteiger partial charge in [0.15, 0.2) is 0 Å². The molecule has 0 saturated carbocycles. The standard InChI is InChI=1S/C18H27ClN2O2/c1-4-21-10-9-16(13(2)12-21)20(3)18(23)8-6-14-5-7-17(22)15(19)11-14/h5,7,11,13,16,22H,4,6,8-10,12H2,1-3H3/t13-,16+/m1/s1. The fraction of sp³-hybridized carbons (Fsp3) is 0.611. The Morgan fingerprint density at radius 2 is 2.22 bits per heavy atom. The Bertz CT molecular complexity index is 550. The number of aromatic hydroxyl groups is 1. The van der Waals surface area contributed by atoms with Crippen LogP contribution in [-0.4, -0.2) is 53.5 Å². The molecule has 1 heterocycles. The van der Waals surface area contributed by atoms with Gasteiger partial charge in [0.1, 0.15) is 5.75 Å². The Labute approximate surface area is 144 Å². The van der Waals surface area contributed by atoms with Gasteiger partial charge in [-0.2, -0.15) is 0 Å². The molecule has 0 aliphatic carbocycles. The van der Waals surface area contributed by atoms with Crippen LogP contribution < -0.4 is 0 Å². The van der Waals surface area contributed by atoms with Gasteiger partial charge < -0.3 is 14.9 Å². The van der Waals surface area contributed by atoms with Crippen LogP contribution in [-0.2, 0) is 11.2 Å². The molecule has 0 radical (unpaired) electrons. The van der Waals surface area contributed by atoms with Crippen LogP contribution in [0.2, 0.25) is 5.02 Å². The van der Waals surface area contributed by atoms with Crippen molar-refractivity contribution >= 4 is 17.5 Å². The van der Waals surface area contributed by atoms with Crippen molar-refractivity contribution in [3.63, 3.8) is 0 Å². The number of benzene rings is 1. The number of phenolic OH excluding ortho intramolecular Hbond substituents is 1. The van der Waals surface area contributed by atoms with Crippen LogP contribution in [0.3, 0.4) is 0 Å². The van der Waals surface area contributed by atoms with Gasteiger partial charge in [-0.1, -0.05) is 31.5 Å². The summed E-state index contributed by atoms with van der Waals surface area (Å²) in [6.07, 6.45) is 2.16. The maximum Gasteiger partial charge on any atom is 0.222 e. The van der Waals surface area contributed by atoms with Crippen molar-refractivity contribution in [3.05, 3.63) is 28.8 Å². The van der Waals surface area contributed by atoms with E-state index < -0.39 is 0 Å². The monoisotopic (exact) mass is 338 g/mol. The van der Waals surface area contributed by atoms with Crippen molar-refractivity contribution in [2.24, 2.45) is 5.92 Å². The number of likely N-dealkylation sites (tertiary alicyclic amines) is 1. The molecule has 1 aromatic carbocycles. The van der Waals surface area contributed by atoms with E-state index in [4.69, 9.17) is 11.6 Å². The average Bonchev–Trinajstić information content (AvgIpc) is 2.54. The molecule has 5 heteroatoms. The van der Waals surface area contributed by atoms with Gasteiger partial charge in [0, 0.05) is 32.6 Å². The predicted molar refractivity (Wildman–Crippen MR) is 93.9 cm³/mol. The van der Waals surface area contributed by atoms with E-state index in [2.05, 4.69) is 18.7 Å². The van der Waals surface area contributed by atoms with Crippen molar-refractivity contribution in [2.45, 2.75) is 39.2 Å². The number of rotatable bonds is 5. The highest BCUT2D eigenvalue weighted by molar-refractivity contribution is 6.32. The Hall–Kier alpha value is -1.26. The zero-order valence-electron chi connectivity index (χ0n) is 14.3. The van der Waals surface area contributed by atoms with Gasteiger partial charge >= 0.3 is 0 Å². The van der Waals surface area contributed by atoms with E-state index in [0.29, 0.717) is 29.8 Å². The van der Waals surface area contributed by atoms with E-state index in [1.165, 1.54) is 0 Å². The van der Waals surface area contributed by atoms with Gasteiger partial charge in [-0.25, -0.2) is 0 Å². The second-order valence-corrected chi connectivity index (χ2v) is 6.92. The molecule has 1 aliphatic rings. The lowest BCUT2D eigenvalue weighted by Crippen LogP contribution is -2.50. The lowest BCUT2D eigenvalue weighted by molar-refractivity contribution is -0.134. The maximum absolute atomic E-state index is 12.5. The summed E-state index contributed by atoms with van der Waals surface area (Å²) in [6.45, 7) is 7.63. The molecule has 0 aromatic heterocycles. The Kier molecular flexibility index (Phi) is 6.31.